The summed E-state index contributed by atoms with van der Waals surface area (Å²) < 4.78 is 30.1. The first-order valence-corrected chi connectivity index (χ1v) is 11.3. The van der Waals surface area contributed by atoms with Gasteiger partial charge in [-0.2, -0.15) is 13.7 Å². The number of rotatable bonds is 6. The van der Waals surface area contributed by atoms with Crippen molar-refractivity contribution in [2.75, 3.05) is 5.32 Å². The van der Waals surface area contributed by atoms with E-state index in [-0.39, 0.29) is 21.2 Å². The van der Waals surface area contributed by atoms with Crippen LogP contribution in [0.2, 0.25) is 10.0 Å². The molecule has 0 aliphatic heterocycles. The zero-order chi connectivity index (χ0) is 23.3. The van der Waals surface area contributed by atoms with Crippen molar-refractivity contribution in [3.63, 3.8) is 0 Å². The highest BCUT2D eigenvalue weighted by Gasteiger charge is 2.18. The summed E-state index contributed by atoms with van der Waals surface area (Å²) in [5.41, 5.74) is 1.63. The number of hydrogen-bond acceptors (Lipinski definition) is 5. The third kappa shape index (κ3) is 5.89. The molecule has 6 nitrogen and oxygen atoms in total. The maximum absolute atomic E-state index is 12.5. The predicted molar refractivity (Wildman–Crippen MR) is 124 cm³/mol. The Morgan fingerprint density at radius 3 is 2.28 bits per heavy atom. The predicted octanol–water partition coefficient (Wildman–Crippen LogP) is 5.62. The van der Waals surface area contributed by atoms with Crippen LogP contribution in [0.5, 0.6) is 5.75 Å². The van der Waals surface area contributed by atoms with E-state index in [2.05, 4.69) is 5.32 Å². The number of nitrogens with zero attached hydrogens (tertiary/aromatic N) is 1. The van der Waals surface area contributed by atoms with Crippen LogP contribution in [0.25, 0.3) is 6.08 Å². The van der Waals surface area contributed by atoms with Gasteiger partial charge in [0.15, 0.2) is 5.75 Å². The summed E-state index contributed by atoms with van der Waals surface area (Å²) in [5.74, 6) is -0.693. The van der Waals surface area contributed by atoms with Crippen molar-refractivity contribution in [3.8, 4) is 11.8 Å². The van der Waals surface area contributed by atoms with Crippen molar-refractivity contribution < 1.29 is 17.4 Å². The Morgan fingerprint density at radius 2 is 1.69 bits per heavy atom. The molecule has 1 N–H and O–H groups in total. The standard InChI is InChI=1S/C23H16Cl2N2O4S/c1-15-2-9-20(10-3-15)32(29,30)31-22-11-4-16(13-21(22)25)12-17(14-26)23(28)27-19-7-5-18(24)6-8-19/h2-13H,1H3,(H,27,28)/b17-12+. The van der Waals surface area contributed by atoms with Crippen LogP contribution in [0, 0.1) is 18.3 Å². The second-order valence-corrected chi connectivity index (χ2v) is 9.06. The molecular weight excluding hydrogens is 471 g/mol. The monoisotopic (exact) mass is 486 g/mol. The number of nitrogens with one attached hydrogen (secondary N) is 1. The molecule has 3 aromatic carbocycles. The molecule has 0 saturated carbocycles. The first kappa shape index (κ1) is 23.4. The van der Waals surface area contributed by atoms with Gasteiger partial charge in [-0.3, -0.25) is 4.79 Å². The van der Waals surface area contributed by atoms with Gasteiger partial charge in [0.05, 0.1) is 5.02 Å². The number of carbonyl (C=O) groups is 1. The van der Waals surface area contributed by atoms with E-state index in [4.69, 9.17) is 27.4 Å². The fourth-order valence-corrected chi connectivity index (χ4v) is 3.94. The van der Waals surface area contributed by atoms with Crippen molar-refractivity contribution in [1.82, 2.24) is 0 Å². The van der Waals surface area contributed by atoms with E-state index < -0.39 is 16.0 Å². The number of anilines is 1. The molecule has 0 aliphatic carbocycles. The Kier molecular flexibility index (Phi) is 7.21. The molecule has 0 radical (unpaired) electrons. The van der Waals surface area contributed by atoms with E-state index in [1.807, 2.05) is 13.0 Å². The average Bonchev–Trinajstić information content (AvgIpc) is 2.75. The second kappa shape index (κ2) is 9.88. The summed E-state index contributed by atoms with van der Waals surface area (Å²) in [7, 11) is -4.07. The summed E-state index contributed by atoms with van der Waals surface area (Å²) in [4.78, 5) is 12.4. The Morgan fingerprint density at radius 1 is 1.03 bits per heavy atom. The molecule has 1 amide bonds. The van der Waals surface area contributed by atoms with Crippen LogP contribution in [0.15, 0.2) is 77.2 Å². The molecule has 162 valence electrons. The van der Waals surface area contributed by atoms with Crippen molar-refractivity contribution >= 4 is 51.0 Å². The zero-order valence-electron chi connectivity index (χ0n) is 16.7. The number of aryl methyl sites for hydroxylation is 1. The molecule has 0 heterocycles. The molecule has 3 aromatic rings. The highest BCUT2D eigenvalue weighted by molar-refractivity contribution is 7.87. The molecule has 0 spiro atoms. The molecule has 32 heavy (non-hydrogen) atoms. The van der Waals surface area contributed by atoms with E-state index >= 15 is 0 Å². The van der Waals surface area contributed by atoms with Crippen molar-refractivity contribution in [2.45, 2.75) is 11.8 Å². The van der Waals surface area contributed by atoms with Gasteiger partial charge in [0, 0.05) is 10.7 Å². The van der Waals surface area contributed by atoms with Crippen molar-refractivity contribution in [3.05, 3.63) is 93.5 Å². The van der Waals surface area contributed by atoms with Gasteiger partial charge in [0.25, 0.3) is 5.91 Å². The number of amides is 1. The van der Waals surface area contributed by atoms with Gasteiger partial charge in [-0.05, 0) is 67.1 Å². The smallest absolute Gasteiger partial charge is 0.339 e. The fraction of sp³-hybridized carbons (Fsp3) is 0.0435. The molecule has 0 saturated heterocycles. The lowest BCUT2D eigenvalue weighted by atomic mass is 10.1. The lowest BCUT2D eigenvalue weighted by molar-refractivity contribution is -0.112. The molecule has 3 rings (SSSR count). The molecule has 0 fully saturated rings. The summed E-state index contributed by atoms with van der Waals surface area (Å²) in [6, 6.07) is 18.7. The Labute approximate surface area is 195 Å². The molecule has 0 aliphatic rings. The fourth-order valence-electron chi connectivity index (χ4n) is 2.59. The van der Waals surface area contributed by atoms with Gasteiger partial charge in [-0.25, -0.2) is 0 Å². The quantitative estimate of drug-likeness (QED) is 0.277. The maximum atomic E-state index is 12.5. The molecule has 0 unspecified atom stereocenters. The van der Waals surface area contributed by atoms with Crippen molar-refractivity contribution in [1.29, 1.82) is 5.26 Å². The SMILES string of the molecule is Cc1ccc(S(=O)(=O)Oc2ccc(/C=C(\C#N)C(=O)Nc3ccc(Cl)cc3)cc2Cl)cc1. The van der Waals surface area contributed by atoms with Crippen molar-refractivity contribution in [2.24, 2.45) is 0 Å². The van der Waals surface area contributed by atoms with E-state index in [1.165, 1.54) is 36.4 Å². The second-order valence-electron chi connectivity index (χ2n) is 6.67. The first-order valence-electron chi connectivity index (χ1n) is 9.17. The van der Waals surface area contributed by atoms with Crippen LogP contribution in [0.3, 0.4) is 0 Å². The van der Waals surface area contributed by atoms with Gasteiger partial charge >= 0.3 is 10.1 Å². The minimum atomic E-state index is -4.07. The number of benzene rings is 3. The number of halogens is 2. The Bertz CT molecular complexity index is 1330. The number of carbonyl (C=O) groups excluding carboxylic acids is 1. The van der Waals surface area contributed by atoms with Gasteiger partial charge in [-0.15, -0.1) is 0 Å². The topological polar surface area (TPSA) is 96.3 Å². The third-order valence-electron chi connectivity index (χ3n) is 4.24. The lowest BCUT2D eigenvalue weighted by Crippen LogP contribution is -2.13. The van der Waals surface area contributed by atoms with E-state index in [0.717, 1.165) is 5.56 Å². The zero-order valence-corrected chi connectivity index (χ0v) is 19.0. The Balaban J connectivity index is 1.79. The molecule has 0 atom stereocenters. The maximum Gasteiger partial charge on any atom is 0.339 e. The highest BCUT2D eigenvalue weighted by Crippen LogP contribution is 2.29. The molecule has 0 aromatic heterocycles. The van der Waals surface area contributed by atoms with Crippen LogP contribution in [-0.2, 0) is 14.9 Å². The number of hydrogen-bond donors (Lipinski definition) is 1. The van der Waals surface area contributed by atoms with Crippen LogP contribution in [0.4, 0.5) is 5.69 Å². The lowest BCUT2D eigenvalue weighted by Gasteiger charge is -2.09. The van der Waals surface area contributed by atoms with Gasteiger partial charge in [-0.1, -0.05) is 47.0 Å². The number of nitriles is 1. The van der Waals surface area contributed by atoms with E-state index in [0.29, 0.717) is 16.3 Å². The highest BCUT2D eigenvalue weighted by atomic mass is 35.5. The van der Waals surface area contributed by atoms with E-state index in [1.54, 1.807) is 36.4 Å². The normalized spacial score (nSPS) is 11.5. The minimum absolute atomic E-state index is 0.00448. The first-order chi connectivity index (χ1) is 15.2. The van der Waals surface area contributed by atoms with Crippen LogP contribution in [-0.4, -0.2) is 14.3 Å². The summed E-state index contributed by atoms with van der Waals surface area (Å²) in [5, 5.41) is 12.5. The van der Waals surface area contributed by atoms with Gasteiger partial charge in [0.1, 0.15) is 16.5 Å². The van der Waals surface area contributed by atoms with Crippen LogP contribution >= 0.6 is 23.2 Å². The minimum Gasteiger partial charge on any atom is -0.377 e. The van der Waals surface area contributed by atoms with Gasteiger partial charge < -0.3 is 9.50 Å². The van der Waals surface area contributed by atoms with E-state index in [9.17, 15) is 18.5 Å². The van der Waals surface area contributed by atoms with Gasteiger partial charge in [0.2, 0.25) is 0 Å². The molecular formula is C23H16Cl2N2O4S. The average molecular weight is 487 g/mol. The third-order valence-corrected chi connectivity index (χ3v) is 6.04. The summed E-state index contributed by atoms with van der Waals surface area (Å²) in [6.07, 6.45) is 1.33. The Hall–Kier alpha value is -3.31. The summed E-state index contributed by atoms with van der Waals surface area (Å²) in [6.45, 7) is 1.84. The summed E-state index contributed by atoms with van der Waals surface area (Å²) >= 11 is 12.0. The molecule has 0 bridgehead atoms. The van der Waals surface area contributed by atoms with Crippen LogP contribution in [0.1, 0.15) is 11.1 Å². The largest absolute Gasteiger partial charge is 0.377 e. The molecule has 9 heteroatoms. The van der Waals surface area contributed by atoms with Crippen LogP contribution < -0.4 is 9.50 Å².